The standard InChI is InChI=1S/C30H42N10O2S2/c1-23(41)35-27-9-5-25(6-10-27)21-33-37-29(43)31-13-3-15-39-17-19-40(20-18-39)16-4-14-32-30(44)38-34-22-26-7-11-28(12-8-26)36-24(2)42/h5-12,21-22H,3-4,13-20H2,1-2H3,(H,35,41)(H,36,42)(H2,31,37,43)(H2,32,38,44)/b33-21+,34-22+. The van der Waals surface area contributed by atoms with Gasteiger partial charge in [-0.3, -0.25) is 20.4 Å². The van der Waals surface area contributed by atoms with Crippen LogP contribution < -0.4 is 32.1 Å². The lowest BCUT2D eigenvalue weighted by molar-refractivity contribution is -0.115. The highest BCUT2D eigenvalue weighted by molar-refractivity contribution is 7.80. The lowest BCUT2D eigenvalue weighted by atomic mass is 10.2. The molecule has 1 aliphatic heterocycles. The van der Waals surface area contributed by atoms with Crippen LogP contribution in [0.25, 0.3) is 0 Å². The smallest absolute Gasteiger partial charge is 0.221 e. The van der Waals surface area contributed by atoms with E-state index in [9.17, 15) is 9.59 Å². The number of carbonyl (C=O) groups excluding carboxylic acids is 2. The maximum Gasteiger partial charge on any atom is 0.221 e. The number of hydrazone groups is 2. The number of thiocarbonyl (C=S) groups is 2. The van der Waals surface area contributed by atoms with Crippen LogP contribution in [0.3, 0.4) is 0 Å². The molecule has 3 rings (SSSR count). The van der Waals surface area contributed by atoms with Crippen LogP contribution in [0, 0.1) is 0 Å². The van der Waals surface area contributed by atoms with E-state index < -0.39 is 0 Å². The van der Waals surface area contributed by atoms with E-state index in [-0.39, 0.29) is 11.8 Å². The van der Waals surface area contributed by atoms with Gasteiger partial charge < -0.3 is 31.1 Å². The zero-order valence-electron chi connectivity index (χ0n) is 25.3. The molecule has 0 atom stereocenters. The van der Waals surface area contributed by atoms with E-state index in [4.69, 9.17) is 24.4 Å². The van der Waals surface area contributed by atoms with Crippen LogP contribution in [-0.4, -0.2) is 96.6 Å². The molecule has 236 valence electrons. The van der Waals surface area contributed by atoms with Crippen LogP contribution in [0.5, 0.6) is 0 Å². The first-order valence-corrected chi connectivity index (χ1v) is 15.4. The van der Waals surface area contributed by atoms with Gasteiger partial charge in [-0.25, -0.2) is 0 Å². The monoisotopic (exact) mass is 638 g/mol. The van der Waals surface area contributed by atoms with Crippen LogP contribution in [0.1, 0.15) is 37.8 Å². The molecule has 0 unspecified atom stereocenters. The molecule has 14 heteroatoms. The molecule has 0 spiro atoms. The number of nitrogens with one attached hydrogen (secondary N) is 6. The van der Waals surface area contributed by atoms with Crippen molar-refractivity contribution in [3.63, 3.8) is 0 Å². The second-order valence-corrected chi connectivity index (χ2v) is 11.1. The maximum absolute atomic E-state index is 11.1. The van der Waals surface area contributed by atoms with Crippen molar-refractivity contribution < 1.29 is 9.59 Å². The Bertz CT molecular complexity index is 1180. The molecule has 0 aromatic heterocycles. The molecule has 0 bridgehead atoms. The Morgan fingerprint density at radius 3 is 1.39 bits per heavy atom. The van der Waals surface area contributed by atoms with Gasteiger partial charge in [-0.2, -0.15) is 10.2 Å². The minimum atomic E-state index is -0.101. The molecule has 0 saturated carbocycles. The summed E-state index contributed by atoms with van der Waals surface area (Å²) in [6, 6.07) is 14.8. The van der Waals surface area contributed by atoms with Crippen LogP contribution >= 0.6 is 24.4 Å². The van der Waals surface area contributed by atoms with Crippen molar-refractivity contribution in [1.82, 2.24) is 31.3 Å². The van der Waals surface area contributed by atoms with Crippen LogP contribution in [0.2, 0.25) is 0 Å². The summed E-state index contributed by atoms with van der Waals surface area (Å²) in [5.41, 5.74) is 8.98. The quantitative estimate of drug-likeness (QED) is 0.0792. The van der Waals surface area contributed by atoms with Crippen LogP contribution in [-0.2, 0) is 9.59 Å². The summed E-state index contributed by atoms with van der Waals surface area (Å²) < 4.78 is 0. The Morgan fingerprint density at radius 1 is 0.682 bits per heavy atom. The van der Waals surface area contributed by atoms with Gasteiger partial charge >= 0.3 is 0 Å². The summed E-state index contributed by atoms with van der Waals surface area (Å²) in [6.07, 6.45) is 5.35. The van der Waals surface area contributed by atoms with Gasteiger partial charge in [0, 0.05) is 64.5 Å². The first-order valence-electron chi connectivity index (χ1n) is 14.6. The van der Waals surface area contributed by atoms with Crippen LogP contribution in [0.15, 0.2) is 58.7 Å². The van der Waals surface area contributed by atoms with Crippen molar-refractivity contribution in [2.45, 2.75) is 26.7 Å². The molecule has 2 amide bonds. The Balaban J connectivity index is 1.17. The predicted octanol–water partition coefficient (Wildman–Crippen LogP) is 2.30. The minimum Gasteiger partial charge on any atom is -0.361 e. The maximum atomic E-state index is 11.1. The Kier molecular flexibility index (Phi) is 15.2. The van der Waals surface area contributed by atoms with Gasteiger partial charge in [-0.15, -0.1) is 0 Å². The van der Waals surface area contributed by atoms with Gasteiger partial charge in [0.25, 0.3) is 0 Å². The molecule has 44 heavy (non-hydrogen) atoms. The lowest BCUT2D eigenvalue weighted by Gasteiger charge is -2.34. The summed E-state index contributed by atoms with van der Waals surface area (Å²) in [7, 11) is 0. The van der Waals surface area contributed by atoms with E-state index >= 15 is 0 Å². The zero-order valence-corrected chi connectivity index (χ0v) is 26.9. The minimum absolute atomic E-state index is 0.101. The van der Waals surface area contributed by atoms with Crippen molar-refractivity contribution in [2.75, 3.05) is 63.0 Å². The molecule has 1 saturated heterocycles. The average molecular weight is 639 g/mol. The van der Waals surface area contributed by atoms with Gasteiger partial charge in [-0.05, 0) is 85.8 Å². The molecular formula is C30H42N10O2S2. The molecule has 1 heterocycles. The third-order valence-corrected chi connectivity index (χ3v) is 7.03. The molecule has 0 aliphatic carbocycles. The second-order valence-electron chi connectivity index (χ2n) is 10.2. The first-order chi connectivity index (χ1) is 21.3. The number of carbonyl (C=O) groups is 2. The largest absolute Gasteiger partial charge is 0.361 e. The highest BCUT2D eigenvalue weighted by Gasteiger charge is 2.15. The molecule has 2 aromatic rings. The third kappa shape index (κ3) is 14.5. The summed E-state index contributed by atoms with van der Waals surface area (Å²) in [6.45, 7) is 10.8. The fourth-order valence-corrected chi connectivity index (χ4v) is 4.68. The summed E-state index contributed by atoms with van der Waals surface area (Å²) in [5, 5.41) is 21.2. The Hall–Kier alpha value is -3.98. The molecule has 1 aliphatic rings. The number of nitrogens with zero attached hydrogens (tertiary/aromatic N) is 4. The van der Waals surface area contributed by atoms with E-state index in [1.165, 1.54) is 13.8 Å². The Labute approximate surface area is 270 Å². The van der Waals surface area contributed by atoms with Crippen molar-refractivity contribution >= 4 is 70.3 Å². The van der Waals surface area contributed by atoms with Gasteiger partial charge in [0.05, 0.1) is 12.4 Å². The fourth-order valence-electron chi connectivity index (χ4n) is 4.37. The summed E-state index contributed by atoms with van der Waals surface area (Å²) >= 11 is 10.6. The average Bonchev–Trinajstić information content (AvgIpc) is 2.99. The molecule has 0 radical (unpaired) electrons. The van der Waals surface area contributed by atoms with Crippen LogP contribution in [0.4, 0.5) is 11.4 Å². The lowest BCUT2D eigenvalue weighted by Crippen LogP contribution is -2.47. The van der Waals surface area contributed by atoms with Gasteiger partial charge in [-0.1, -0.05) is 24.3 Å². The number of piperazine rings is 1. The molecule has 12 nitrogen and oxygen atoms in total. The second kappa shape index (κ2) is 19.3. The van der Waals surface area contributed by atoms with E-state index in [1.54, 1.807) is 12.4 Å². The van der Waals surface area contributed by atoms with Gasteiger partial charge in [0.15, 0.2) is 10.2 Å². The normalized spacial score (nSPS) is 13.9. The van der Waals surface area contributed by atoms with Crippen molar-refractivity contribution in [3.8, 4) is 0 Å². The van der Waals surface area contributed by atoms with E-state index in [0.29, 0.717) is 10.2 Å². The van der Waals surface area contributed by atoms with E-state index in [0.717, 1.165) is 87.7 Å². The van der Waals surface area contributed by atoms with Gasteiger partial charge in [0.2, 0.25) is 11.8 Å². The van der Waals surface area contributed by atoms with Crippen molar-refractivity contribution in [2.24, 2.45) is 10.2 Å². The number of rotatable bonds is 14. The molecule has 2 aromatic carbocycles. The van der Waals surface area contributed by atoms with Crippen molar-refractivity contribution in [1.29, 1.82) is 0 Å². The SMILES string of the molecule is CC(=O)Nc1ccc(/C=N/NC(=S)NCCCN2CCN(CCCNC(=S)N/N=C/c3ccc(NC(C)=O)cc3)CC2)cc1. The highest BCUT2D eigenvalue weighted by Crippen LogP contribution is 2.09. The predicted molar refractivity (Wildman–Crippen MR) is 186 cm³/mol. The van der Waals surface area contributed by atoms with Crippen molar-refractivity contribution in [3.05, 3.63) is 59.7 Å². The molecule has 1 fully saturated rings. The summed E-state index contributed by atoms with van der Waals surface area (Å²) in [4.78, 5) is 27.2. The van der Waals surface area contributed by atoms with Gasteiger partial charge in [0.1, 0.15) is 0 Å². The number of amides is 2. The fraction of sp³-hybridized carbons (Fsp3) is 0.400. The number of anilines is 2. The zero-order chi connectivity index (χ0) is 31.6. The number of hydrogen-bond acceptors (Lipinski definition) is 8. The van der Waals surface area contributed by atoms with E-state index in [1.807, 2.05) is 48.5 Å². The first kappa shape index (κ1) is 34.5. The molecular weight excluding hydrogens is 597 g/mol. The Morgan fingerprint density at radius 2 is 1.05 bits per heavy atom. The third-order valence-electron chi connectivity index (χ3n) is 6.56. The molecule has 6 N–H and O–H groups in total. The van der Waals surface area contributed by atoms with E-state index in [2.05, 4.69) is 52.1 Å². The number of benzene rings is 2. The topological polar surface area (TPSA) is 138 Å². The number of hydrogen-bond donors (Lipinski definition) is 6. The summed E-state index contributed by atoms with van der Waals surface area (Å²) in [5.74, 6) is -0.202. The highest BCUT2D eigenvalue weighted by atomic mass is 32.1.